The van der Waals surface area contributed by atoms with Gasteiger partial charge in [-0.3, -0.25) is 0 Å². The summed E-state index contributed by atoms with van der Waals surface area (Å²) in [6.07, 6.45) is 0. The molecule has 230 valence electrons. The highest BCUT2D eigenvalue weighted by atomic mass is 16.3. The molecule has 0 aliphatic carbocycles. The highest BCUT2D eigenvalue weighted by molar-refractivity contribution is 6.17. The number of aromatic nitrogens is 1. The molecule has 0 radical (unpaired) electrons. The van der Waals surface area contributed by atoms with Gasteiger partial charge in [-0.25, -0.2) is 4.98 Å². The van der Waals surface area contributed by atoms with Crippen LogP contribution in [0.25, 0.3) is 77.2 Å². The summed E-state index contributed by atoms with van der Waals surface area (Å²) >= 11 is 0. The molecule has 0 bridgehead atoms. The predicted octanol–water partition coefficient (Wildman–Crippen LogP) is 12.8. The fourth-order valence-electron chi connectivity index (χ4n) is 7.15. The first-order valence-electron chi connectivity index (χ1n) is 16.5. The molecule has 4 nitrogen and oxygen atoms in total. The topological polar surface area (TPSA) is 42.4 Å². The normalized spacial score (nSPS) is 11.7. The Balaban J connectivity index is 1.11. The Morgan fingerprint density at radius 1 is 0.388 bits per heavy atom. The van der Waals surface area contributed by atoms with E-state index in [2.05, 4.69) is 132 Å². The van der Waals surface area contributed by atoms with Crippen LogP contribution in [0, 0.1) is 0 Å². The molecule has 3 aromatic heterocycles. The maximum Gasteiger partial charge on any atom is 0.153 e. The Morgan fingerprint density at radius 2 is 1.00 bits per heavy atom. The van der Waals surface area contributed by atoms with Crippen molar-refractivity contribution in [3.8, 4) is 22.4 Å². The lowest BCUT2D eigenvalue weighted by atomic mass is 10.0. The second kappa shape index (κ2) is 11.0. The van der Waals surface area contributed by atoms with Crippen molar-refractivity contribution in [3.05, 3.63) is 170 Å². The van der Waals surface area contributed by atoms with E-state index in [0.717, 1.165) is 77.7 Å². The molecule has 0 saturated carbocycles. The number of rotatable bonds is 5. The molecule has 3 heterocycles. The van der Waals surface area contributed by atoms with Crippen molar-refractivity contribution in [1.82, 2.24) is 4.98 Å². The largest absolute Gasteiger partial charge is 0.456 e. The monoisotopic (exact) mass is 628 g/mol. The van der Waals surface area contributed by atoms with E-state index in [0.29, 0.717) is 0 Å². The van der Waals surface area contributed by atoms with E-state index in [1.807, 2.05) is 42.5 Å². The summed E-state index contributed by atoms with van der Waals surface area (Å²) < 4.78 is 12.5. The quantitative estimate of drug-likeness (QED) is 0.190. The van der Waals surface area contributed by atoms with E-state index >= 15 is 0 Å². The van der Waals surface area contributed by atoms with Gasteiger partial charge >= 0.3 is 0 Å². The number of pyridine rings is 1. The van der Waals surface area contributed by atoms with Crippen molar-refractivity contribution in [3.63, 3.8) is 0 Å². The molecule has 49 heavy (non-hydrogen) atoms. The lowest BCUT2D eigenvalue weighted by Crippen LogP contribution is -2.10. The Kier molecular flexibility index (Phi) is 6.15. The van der Waals surface area contributed by atoms with Gasteiger partial charge in [0.15, 0.2) is 5.58 Å². The second-order valence-corrected chi connectivity index (χ2v) is 12.3. The first-order valence-corrected chi connectivity index (χ1v) is 16.5. The molecule has 7 aromatic carbocycles. The summed E-state index contributed by atoms with van der Waals surface area (Å²) in [6, 6.07) is 59.1. The first-order chi connectivity index (χ1) is 24.3. The van der Waals surface area contributed by atoms with Gasteiger partial charge in [-0.2, -0.15) is 0 Å². The Labute approximate surface area is 282 Å². The van der Waals surface area contributed by atoms with Crippen molar-refractivity contribution in [1.29, 1.82) is 0 Å². The lowest BCUT2D eigenvalue weighted by Gasteiger charge is -2.26. The van der Waals surface area contributed by atoms with Gasteiger partial charge in [0.2, 0.25) is 0 Å². The smallest absolute Gasteiger partial charge is 0.153 e. The number of fused-ring (bicyclic) bond motifs is 8. The van der Waals surface area contributed by atoms with Crippen molar-refractivity contribution in [2.75, 3.05) is 4.90 Å². The maximum atomic E-state index is 6.31. The molecule has 0 aliphatic heterocycles. The van der Waals surface area contributed by atoms with Crippen LogP contribution < -0.4 is 4.90 Å². The average Bonchev–Trinajstić information content (AvgIpc) is 3.75. The lowest BCUT2D eigenvalue weighted by molar-refractivity contribution is 0.668. The zero-order valence-electron chi connectivity index (χ0n) is 26.4. The van der Waals surface area contributed by atoms with Crippen LogP contribution in [0.15, 0.2) is 179 Å². The molecule has 0 spiro atoms. The number of benzene rings is 7. The summed E-state index contributed by atoms with van der Waals surface area (Å²) in [5, 5.41) is 5.55. The minimum absolute atomic E-state index is 0.789. The van der Waals surface area contributed by atoms with Crippen LogP contribution in [-0.2, 0) is 0 Å². The van der Waals surface area contributed by atoms with Gasteiger partial charge in [-0.1, -0.05) is 109 Å². The van der Waals surface area contributed by atoms with E-state index in [1.54, 1.807) is 0 Å². The first kappa shape index (κ1) is 27.5. The number of hydrogen-bond acceptors (Lipinski definition) is 4. The zero-order valence-corrected chi connectivity index (χ0v) is 26.4. The molecule has 4 heteroatoms. The van der Waals surface area contributed by atoms with Crippen molar-refractivity contribution in [2.45, 2.75) is 0 Å². The molecule has 10 rings (SSSR count). The minimum atomic E-state index is 0.789. The van der Waals surface area contributed by atoms with Crippen LogP contribution in [0.4, 0.5) is 17.1 Å². The highest BCUT2D eigenvalue weighted by Crippen LogP contribution is 2.43. The van der Waals surface area contributed by atoms with Crippen molar-refractivity contribution in [2.24, 2.45) is 0 Å². The number of para-hydroxylation sites is 1. The zero-order chi connectivity index (χ0) is 32.3. The summed E-state index contributed by atoms with van der Waals surface area (Å²) in [6.45, 7) is 0. The predicted molar refractivity (Wildman–Crippen MR) is 202 cm³/mol. The maximum absolute atomic E-state index is 6.31. The van der Waals surface area contributed by atoms with E-state index in [-0.39, 0.29) is 0 Å². The van der Waals surface area contributed by atoms with Gasteiger partial charge in [0.25, 0.3) is 0 Å². The minimum Gasteiger partial charge on any atom is -0.456 e. The number of nitrogens with zero attached hydrogens (tertiary/aromatic N) is 2. The molecule has 0 atom stereocenters. The van der Waals surface area contributed by atoms with E-state index in [9.17, 15) is 0 Å². The molecule has 0 unspecified atom stereocenters. The molecule has 0 N–H and O–H groups in total. The summed E-state index contributed by atoms with van der Waals surface area (Å²) in [5.41, 5.74) is 11.7. The molecule has 0 saturated heterocycles. The van der Waals surface area contributed by atoms with Gasteiger partial charge in [0.05, 0.1) is 22.2 Å². The number of anilines is 3. The Bertz CT molecular complexity index is 2810. The summed E-state index contributed by atoms with van der Waals surface area (Å²) in [5.74, 6) is 0. The molecule has 10 aromatic rings. The fraction of sp³-hybridized carbons (Fsp3) is 0. The van der Waals surface area contributed by atoms with Gasteiger partial charge in [0.1, 0.15) is 22.3 Å². The van der Waals surface area contributed by atoms with Crippen molar-refractivity contribution >= 4 is 71.8 Å². The van der Waals surface area contributed by atoms with Crippen molar-refractivity contribution < 1.29 is 8.83 Å². The third-order valence-corrected chi connectivity index (χ3v) is 9.48. The third-order valence-electron chi connectivity index (χ3n) is 9.48. The van der Waals surface area contributed by atoms with E-state index in [1.165, 1.54) is 16.5 Å². The summed E-state index contributed by atoms with van der Waals surface area (Å²) in [4.78, 5) is 7.48. The number of hydrogen-bond donors (Lipinski definition) is 0. The van der Waals surface area contributed by atoms with Gasteiger partial charge < -0.3 is 13.7 Å². The molecular weight excluding hydrogens is 601 g/mol. The Hall–Kier alpha value is -6.65. The molecule has 0 aliphatic rings. The summed E-state index contributed by atoms with van der Waals surface area (Å²) in [7, 11) is 0. The molecule has 0 amide bonds. The van der Waals surface area contributed by atoms with Crippen LogP contribution in [0.3, 0.4) is 0 Å². The van der Waals surface area contributed by atoms with Gasteiger partial charge in [0, 0.05) is 22.3 Å². The van der Waals surface area contributed by atoms with Crippen LogP contribution in [0.2, 0.25) is 0 Å². The van der Waals surface area contributed by atoms with Crippen LogP contribution in [0.1, 0.15) is 0 Å². The van der Waals surface area contributed by atoms with Gasteiger partial charge in [-0.15, -0.1) is 0 Å². The second-order valence-electron chi connectivity index (χ2n) is 12.3. The molecular formula is C45H28N2O2. The van der Waals surface area contributed by atoms with Crippen LogP contribution >= 0.6 is 0 Å². The third kappa shape index (κ3) is 4.49. The van der Waals surface area contributed by atoms with Crippen LogP contribution in [0.5, 0.6) is 0 Å². The number of furan rings is 2. The van der Waals surface area contributed by atoms with E-state index in [4.69, 9.17) is 13.8 Å². The van der Waals surface area contributed by atoms with Gasteiger partial charge in [-0.05, 0) is 82.6 Å². The standard InChI is InChI=1S/C45H28N2O2/c1-2-9-29(10-3-1)30-17-22-33(23-18-30)47(38-14-8-16-40-43(38)36-13-6-7-15-39(36)48-40)34-24-19-32(20-25-34)37-26-28-42-45(46-37)44-35-12-5-4-11-31(35)21-27-41(44)49-42/h1-28H. The highest BCUT2D eigenvalue weighted by Gasteiger charge is 2.20. The fourth-order valence-corrected chi connectivity index (χ4v) is 7.15. The van der Waals surface area contributed by atoms with Crippen LogP contribution in [-0.4, -0.2) is 4.98 Å². The SMILES string of the molecule is c1ccc(-c2ccc(N(c3ccc(-c4ccc5oc6ccc7ccccc7c6c5n4)cc3)c3cccc4oc5ccccc5c34)cc2)cc1. The molecule has 0 fully saturated rings. The van der Waals surface area contributed by atoms with E-state index < -0.39 is 0 Å². The average molecular weight is 629 g/mol. The Morgan fingerprint density at radius 3 is 1.82 bits per heavy atom.